The van der Waals surface area contributed by atoms with Crippen molar-refractivity contribution in [3.05, 3.63) is 59.9 Å². The van der Waals surface area contributed by atoms with Crippen LogP contribution in [0, 0.1) is 6.92 Å². The first-order chi connectivity index (χ1) is 14.0. The lowest BCUT2D eigenvalue weighted by molar-refractivity contribution is 0.324. The highest BCUT2D eigenvalue weighted by atomic mass is 16.5. The minimum atomic E-state index is 0.544. The van der Waals surface area contributed by atoms with Crippen LogP contribution in [0.4, 0.5) is 17.3 Å². The number of methoxy groups -OCH3 is 3. The third-order valence-electron chi connectivity index (χ3n) is 4.42. The van der Waals surface area contributed by atoms with Gasteiger partial charge in [-0.15, -0.1) is 0 Å². The average Bonchev–Trinajstić information content (AvgIpc) is 2.73. The molecule has 0 radical (unpaired) electrons. The van der Waals surface area contributed by atoms with Crippen LogP contribution in [-0.2, 0) is 6.54 Å². The van der Waals surface area contributed by atoms with Crippen LogP contribution >= 0.6 is 0 Å². The van der Waals surface area contributed by atoms with Crippen molar-refractivity contribution in [3.8, 4) is 17.2 Å². The standard InChI is InChI=1S/C22H26N4O3/c1-15-23-20(13-21(24-15)26(2)14-16-9-7-6-8-10-16)25-17-11-18(27-3)22(29-5)19(12-17)28-4/h6-13H,14H2,1-5H3,(H,23,24,25). The van der Waals surface area contributed by atoms with Crippen LogP contribution in [0.5, 0.6) is 17.2 Å². The Labute approximate surface area is 171 Å². The number of aryl methyl sites for hydroxylation is 1. The van der Waals surface area contributed by atoms with E-state index >= 15 is 0 Å². The summed E-state index contributed by atoms with van der Waals surface area (Å²) in [4.78, 5) is 11.2. The van der Waals surface area contributed by atoms with Crippen LogP contribution in [-0.4, -0.2) is 38.3 Å². The first kappa shape index (κ1) is 20.3. The number of benzene rings is 2. The van der Waals surface area contributed by atoms with Gasteiger partial charge in [0.25, 0.3) is 0 Å². The van der Waals surface area contributed by atoms with Gasteiger partial charge in [0.15, 0.2) is 11.5 Å². The van der Waals surface area contributed by atoms with Crippen molar-refractivity contribution >= 4 is 17.3 Å². The summed E-state index contributed by atoms with van der Waals surface area (Å²) in [5.74, 6) is 3.88. The molecule has 0 aliphatic carbocycles. The van der Waals surface area contributed by atoms with E-state index in [0.29, 0.717) is 28.9 Å². The highest BCUT2D eigenvalue weighted by Gasteiger charge is 2.14. The van der Waals surface area contributed by atoms with E-state index in [0.717, 1.165) is 18.1 Å². The maximum atomic E-state index is 5.42. The van der Waals surface area contributed by atoms with Gasteiger partial charge in [0.1, 0.15) is 17.5 Å². The fraction of sp³-hybridized carbons (Fsp3) is 0.273. The monoisotopic (exact) mass is 394 g/mol. The predicted octanol–water partition coefficient (Wildman–Crippen LogP) is 4.19. The molecule has 0 unspecified atom stereocenters. The average molecular weight is 394 g/mol. The van der Waals surface area contributed by atoms with E-state index in [9.17, 15) is 0 Å². The molecule has 0 atom stereocenters. The van der Waals surface area contributed by atoms with Crippen molar-refractivity contribution in [3.63, 3.8) is 0 Å². The molecule has 0 saturated heterocycles. The van der Waals surface area contributed by atoms with Gasteiger partial charge in [-0.1, -0.05) is 30.3 Å². The Kier molecular flexibility index (Phi) is 6.39. The second-order valence-electron chi connectivity index (χ2n) is 6.54. The van der Waals surface area contributed by atoms with Crippen LogP contribution in [0.15, 0.2) is 48.5 Å². The van der Waals surface area contributed by atoms with Crippen molar-refractivity contribution in [2.45, 2.75) is 13.5 Å². The van der Waals surface area contributed by atoms with Gasteiger partial charge in [0.2, 0.25) is 5.75 Å². The summed E-state index contributed by atoms with van der Waals surface area (Å²) >= 11 is 0. The topological polar surface area (TPSA) is 68.7 Å². The number of hydrogen-bond donors (Lipinski definition) is 1. The summed E-state index contributed by atoms with van der Waals surface area (Å²) in [5, 5.41) is 3.31. The van der Waals surface area contributed by atoms with Gasteiger partial charge in [-0.05, 0) is 12.5 Å². The number of aromatic nitrogens is 2. The fourth-order valence-corrected chi connectivity index (χ4v) is 3.05. The van der Waals surface area contributed by atoms with Gasteiger partial charge in [-0.3, -0.25) is 0 Å². The summed E-state index contributed by atoms with van der Waals surface area (Å²) in [6, 6.07) is 15.9. The molecule has 0 bridgehead atoms. The van der Waals surface area contributed by atoms with Gasteiger partial charge in [0, 0.05) is 37.5 Å². The van der Waals surface area contributed by atoms with E-state index in [4.69, 9.17) is 14.2 Å². The molecule has 0 saturated carbocycles. The largest absolute Gasteiger partial charge is 0.493 e. The second kappa shape index (κ2) is 9.14. The predicted molar refractivity (Wildman–Crippen MR) is 115 cm³/mol. The maximum absolute atomic E-state index is 5.42. The Morgan fingerprint density at radius 2 is 1.55 bits per heavy atom. The van der Waals surface area contributed by atoms with Crippen molar-refractivity contribution < 1.29 is 14.2 Å². The molecular weight excluding hydrogens is 368 g/mol. The normalized spacial score (nSPS) is 10.4. The summed E-state index contributed by atoms with van der Waals surface area (Å²) in [6.45, 7) is 2.63. The molecule has 0 amide bonds. The molecule has 1 aromatic heterocycles. The minimum Gasteiger partial charge on any atom is -0.493 e. The zero-order chi connectivity index (χ0) is 20.8. The van der Waals surface area contributed by atoms with Crippen molar-refractivity contribution in [2.24, 2.45) is 0 Å². The second-order valence-corrected chi connectivity index (χ2v) is 6.54. The van der Waals surface area contributed by atoms with Crippen LogP contribution in [0.25, 0.3) is 0 Å². The van der Waals surface area contributed by atoms with Gasteiger partial charge >= 0.3 is 0 Å². The Hall–Kier alpha value is -3.48. The third kappa shape index (κ3) is 4.87. The molecule has 1 N–H and O–H groups in total. The van der Waals surface area contributed by atoms with Crippen molar-refractivity contribution in [2.75, 3.05) is 38.6 Å². The summed E-state index contributed by atoms with van der Waals surface area (Å²) in [6.07, 6.45) is 0. The number of hydrogen-bond acceptors (Lipinski definition) is 7. The molecule has 3 rings (SSSR count). The number of ether oxygens (including phenoxy) is 3. The lowest BCUT2D eigenvalue weighted by atomic mass is 10.2. The fourth-order valence-electron chi connectivity index (χ4n) is 3.05. The Balaban J connectivity index is 1.87. The quantitative estimate of drug-likeness (QED) is 0.614. The van der Waals surface area contributed by atoms with Gasteiger partial charge in [-0.2, -0.15) is 0 Å². The molecule has 7 nitrogen and oxygen atoms in total. The lowest BCUT2D eigenvalue weighted by Crippen LogP contribution is -2.18. The summed E-state index contributed by atoms with van der Waals surface area (Å²) < 4.78 is 16.2. The zero-order valence-corrected chi connectivity index (χ0v) is 17.4. The van der Waals surface area contributed by atoms with E-state index in [1.54, 1.807) is 21.3 Å². The maximum Gasteiger partial charge on any atom is 0.203 e. The number of anilines is 3. The number of rotatable bonds is 8. The Bertz CT molecular complexity index is 939. The summed E-state index contributed by atoms with van der Waals surface area (Å²) in [5.41, 5.74) is 1.99. The molecular formula is C22H26N4O3. The molecule has 1 heterocycles. The van der Waals surface area contributed by atoms with Crippen molar-refractivity contribution in [1.82, 2.24) is 9.97 Å². The smallest absolute Gasteiger partial charge is 0.203 e. The SMILES string of the molecule is COc1cc(Nc2cc(N(C)Cc3ccccc3)nc(C)n2)cc(OC)c1OC. The van der Waals surface area contributed by atoms with Crippen LogP contribution < -0.4 is 24.4 Å². The molecule has 2 aromatic carbocycles. The molecule has 0 spiro atoms. The number of nitrogens with one attached hydrogen (secondary N) is 1. The minimum absolute atomic E-state index is 0.544. The molecule has 0 fully saturated rings. The van der Waals surface area contributed by atoms with Gasteiger partial charge in [-0.25, -0.2) is 9.97 Å². The van der Waals surface area contributed by atoms with E-state index in [-0.39, 0.29) is 0 Å². The van der Waals surface area contributed by atoms with Gasteiger partial charge in [0.05, 0.1) is 21.3 Å². The molecule has 0 aliphatic heterocycles. The highest BCUT2D eigenvalue weighted by molar-refractivity contribution is 5.67. The van der Waals surface area contributed by atoms with Crippen LogP contribution in [0.3, 0.4) is 0 Å². The zero-order valence-electron chi connectivity index (χ0n) is 17.4. The molecule has 152 valence electrons. The molecule has 0 aliphatic rings. The molecule has 29 heavy (non-hydrogen) atoms. The molecule has 7 heteroatoms. The number of nitrogens with zero attached hydrogens (tertiary/aromatic N) is 3. The third-order valence-corrected chi connectivity index (χ3v) is 4.42. The first-order valence-electron chi connectivity index (χ1n) is 9.21. The van der Waals surface area contributed by atoms with Crippen molar-refractivity contribution in [1.29, 1.82) is 0 Å². The first-order valence-corrected chi connectivity index (χ1v) is 9.21. The van der Waals surface area contributed by atoms with E-state index in [2.05, 4.69) is 32.3 Å². The Morgan fingerprint density at radius 1 is 0.897 bits per heavy atom. The molecule has 3 aromatic rings. The highest BCUT2D eigenvalue weighted by Crippen LogP contribution is 2.40. The van der Waals surface area contributed by atoms with E-state index in [1.165, 1.54) is 5.56 Å². The van der Waals surface area contributed by atoms with Crippen LogP contribution in [0.1, 0.15) is 11.4 Å². The summed E-state index contributed by atoms with van der Waals surface area (Å²) in [7, 11) is 6.77. The van der Waals surface area contributed by atoms with Gasteiger partial charge < -0.3 is 24.4 Å². The Morgan fingerprint density at radius 3 is 2.14 bits per heavy atom. The lowest BCUT2D eigenvalue weighted by Gasteiger charge is -2.20. The van der Waals surface area contributed by atoms with E-state index in [1.807, 2.05) is 50.4 Å². The van der Waals surface area contributed by atoms with E-state index < -0.39 is 0 Å². The van der Waals surface area contributed by atoms with Crippen LogP contribution in [0.2, 0.25) is 0 Å².